The first-order valence-corrected chi connectivity index (χ1v) is 14.1. The van der Waals surface area contributed by atoms with Gasteiger partial charge in [0.1, 0.15) is 12.6 Å². The fourth-order valence-corrected chi connectivity index (χ4v) is 3.78. The van der Waals surface area contributed by atoms with E-state index in [1.165, 1.54) is 12.8 Å². The van der Waals surface area contributed by atoms with Gasteiger partial charge in [0.05, 0.1) is 13.2 Å². The van der Waals surface area contributed by atoms with Gasteiger partial charge in [0.15, 0.2) is 6.10 Å². The average molecular weight is 526 g/mol. The zero-order valence-electron chi connectivity index (χ0n) is 21.2. The van der Waals surface area contributed by atoms with Crippen molar-refractivity contribution < 1.29 is 47.5 Å². The highest BCUT2D eigenvalue weighted by Gasteiger charge is 2.28. The second kappa shape index (κ2) is 20.7. The van der Waals surface area contributed by atoms with Crippen molar-refractivity contribution in [2.75, 3.05) is 19.8 Å². The maximum absolute atomic E-state index is 12.2. The predicted octanol–water partition coefficient (Wildman–Crippen LogP) is 4.10. The van der Waals surface area contributed by atoms with Crippen LogP contribution in [0.4, 0.5) is 0 Å². The molecule has 35 heavy (non-hydrogen) atoms. The van der Waals surface area contributed by atoms with Gasteiger partial charge in [0.2, 0.25) is 0 Å². The molecule has 0 aliphatic heterocycles. The van der Waals surface area contributed by atoms with E-state index in [4.69, 9.17) is 24.8 Å². The number of nitrogens with two attached hydrogens (primary N) is 1. The van der Waals surface area contributed by atoms with E-state index in [1.807, 2.05) is 0 Å². The minimum absolute atomic E-state index is 0.163. The number of carbonyl (C=O) groups is 3. The van der Waals surface area contributed by atoms with Crippen molar-refractivity contribution >= 4 is 25.7 Å². The number of hydrogen-bond acceptors (Lipinski definition) is 9. The number of rotatable bonds is 23. The van der Waals surface area contributed by atoms with E-state index >= 15 is 0 Å². The third-order valence-electron chi connectivity index (χ3n) is 5.11. The summed E-state index contributed by atoms with van der Waals surface area (Å²) >= 11 is 0. The van der Waals surface area contributed by atoms with E-state index in [9.17, 15) is 23.8 Å². The van der Waals surface area contributed by atoms with E-state index in [0.29, 0.717) is 12.8 Å². The highest BCUT2D eigenvalue weighted by atomic mass is 31.2. The van der Waals surface area contributed by atoms with E-state index < -0.39 is 51.1 Å². The first-order valence-electron chi connectivity index (χ1n) is 12.6. The van der Waals surface area contributed by atoms with Gasteiger partial charge < -0.3 is 25.2 Å². The maximum Gasteiger partial charge on any atom is 0.472 e. The number of phosphoric ester groups is 1. The highest BCUT2D eigenvalue weighted by molar-refractivity contribution is 7.47. The van der Waals surface area contributed by atoms with Crippen LogP contribution in [0.15, 0.2) is 0 Å². The Labute approximate surface area is 208 Å². The quantitative estimate of drug-likeness (QED) is 0.0996. The molecule has 0 aliphatic rings. The van der Waals surface area contributed by atoms with Gasteiger partial charge >= 0.3 is 25.7 Å². The van der Waals surface area contributed by atoms with Crippen molar-refractivity contribution in [1.82, 2.24) is 0 Å². The molecule has 0 aromatic rings. The standard InChI is InChI=1S/C23H44NO10P/c1-3-5-7-9-10-11-13-15-22(26)34-19(16-31-21(25)14-12-8-6-4-2)17-32-35(29,30)33-18-20(24)23(27)28/h19-20H,3-18,24H2,1-2H3,(H,27,28)(H,29,30). The smallest absolute Gasteiger partial charge is 0.472 e. The Kier molecular flexibility index (Phi) is 19.8. The van der Waals surface area contributed by atoms with E-state index in [-0.39, 0.29) is 19.4 Å². The van der Waals surface area contributed by atoms with Crippen molar-refractivity contribution in [3.05, 3.63) is 0 Å². The van der Waals surface area contributed by atoms with Crippen molar-refractivity contribution in [2.45, 2.75) is 109 Å². The van der Waals surface area contributed by atoms with E-state index in [2.05, 4.69) is 18.4 Å². The van der Waals surface area contributed by atoms with Crippen molar-refractivity contribution in [3.8, 4) is 0 Å². The van der Waals surface area contributed by atoms with Crippen molar-refractivity contribution in [1.29, 1.82) is 0 Å². The summed E-state index contributed by atoms with van der Waals surface area (Å²) < 4.78 is 31.8. The molecule has 3 unspecified atom stereocenters. The van der Waals surface area contributed by atoms with Crippen LogP contribution in [-0.4, -0.2) is 59.9 Å². The molecule has 0 rings (SSSR count). The van der Waals surface area contributed by atoms with Crippen LogP contribution in [0.25, 0.3) is 0 Å². The number of ether oxygens (including phenoxy) is 2. The zero-order chi connectivity index (χ0) is 26.5. The van der Waals surface area contributed by atoms with Gasteiger partial charge in [-0.2, -0.15) is 0 Å². The van der Waals surface area contributed by atoms with Gasteiger partial charge in [0.25, 0.3) is 0 Å². The molecular weight excluding hydrogens is 481 g/mol. The van der Waals surface area contributed by atoms with Crippen LogP contribution >= 0.6 is 7.82 Å². The summed E-state index contributed by atoms with van der Waals surface area (Å²) in [5.74, 6) is -2.41. The minimum Gasteiger partial charge on any atom is -0.480 e. The summed E-state index contributed by atoms with van der Waals surface area (Å²) in [7, 11) is -4.67. The number of carboxylic acid groups (broad SMARTS) is 1. The molecule has 0 aromatic heterocycles. The second-order valence-electron chi connectivity index (χ2n) is 8.48. The first-order chi connectivity index (χ1) is 16.6. The van der Waals surface area contributed by atoms with Crippen LogP contribution in [0.5, 0.6) is 0 Å². The van der Waals surface area contributed by atoms with Gasteiger partial charge in [-0.15, -0.1) is 0 Å². The number of esters is 2. The number of carboxylic acids is 1. The summed E-state index contributed by atoms with van der Waals surface area (Å²) in [5, 5.41) is 8.73. The molecule has 3 atom stereocenters. The Hall–Kier alpha value is -1.52. The van der Waals surface area contributed by atoms with Crippen LogP contribution in [-0.2, 0) is 37.5 Å². The molecule has 0 amide bonds. The summed E-state index contributed by atoms with van der Waals surface area (Å²) in [4.78, 5) is 44.6. The molecule has 0 radical (unpaired) electrons. The SMILES string of the molecule is CCCCCCCCCC(=O)OC(COC(=O)CCCCCC)COP(=O)(O)OCC(N)C(=O)O. The molecule has 0 fully saturated rings. The number of unbranched alkanes of at least 4 members (excludes halogenated alkanes) is 9. The average Bonchev–Trinajstić information content (AvgIpc) is 2.81. The van der Waals surface area contributed by atoms with Crippen molar-refractivity contribution in [3.63, 3.8) is 0 Å². The molecule has 11 nitrogen and oxygen atoms in total. The zero-order valence-corrected chi connectivity index (χ0v) is 22.0. The van der Waals surface area contributed by atoms with Crippen LogP contribution in [0.1, 0.15) is 97.3 Å². The van der Waals surface area contributed by atoms with Gasteiger partial charge in [-0.05, 0) is 12.8 Å². The van der Waals surface area contributed by atoms with Crippen LogP contribution in [0.2, 0.25) is 0 Å². The molecule has 12 heteroatoms. The van der Waals surface area contributed by atoms with Crippen LogP contribution < -0.4 is 5.73 Å². The lowest BCUT2D eigenvalue weighted by atomic mass is 10.1. The topological polar surface area (TPSA) is 172 Å². The Balaban J connectivity index is 4.64. The molecule has 0 heterocycles. The first kappa shape index (κ1) is 33.5. The molecule has 0 aliphatic carbocycles. The normalized spacial score (nSPS) is 14.6. The summed E-state index contributed by atoms with van der Waals surface area (Å²) in [6.07, 6.45) is 10.1. The largest absolute Gasteiger partial charge is 0.480 e. The number of aliphatic carboxylic acids is 1. The lowest BCUT2D eigenvalue weighted by molar-refractivity contribution is -0.161. The Morgan fingerprint density at radius 3 is 1.83 bits per heavy atom. The third kappa shape index (κ3) is 20.4. The fraction of sp³-hybridized carbons (Fsp3) is 0.870. The monoisotopic (exact) mass is 525 g/mol. The van der Waals surface area contributed by atoms with Gasteiger partial charge in [0, 0.05) is 12.8 Å². The molecule has 4 N–H and O–H groups in total. The molecule has 0 aromatic carbocycles. The Morgan fingerprint density at radius 1 is 0.771 bits per heavy atom. The highest BCUT2D eigenvalue weighted by Crippen LogP contribution is 2.43. The van der Waals surface area contributed by atoms with E-state index in [0.717, 1.165) is 44.9 Å². The van der Waals surface area contributed by atoms with Crippen molar-refractivity contribution in [2.24, 2.45) is 5.73 Å². The molecule has 0 saturated carbocycles. The number of phosphoric acid groups is 1. The lowest BCUT2D eigenvalue weighted by Gasteiger charge is -2.20. The third-order valence-corrected chi connectivity index (χ3v) is 6.06. The fourth-order valence-electron chi connectivity index (χ4n) is 3.00. The summed E-state index contributed by atoms with van der Waals surface area (Å²) in [6.45, 7) is 2.53. The number of hydrogen-bond donors (Lipinski definition) is 3. The van der Waals surface area contributed by atoms with Gasteiger partial charge in [-0.3, -0.25) is 23.4 Å². The van der Waals surface area contributed by atoms with Crippen LogP contribution in [0.3, 0.4) is 0 Å². The van der Waals surface area contributed by atoms with Crippen LogP contribution in [0, 0.1) is 0 Å². The Morgan fingerprint density at radius 2 is 1.26 bits per heavy atom. The van der Waals surface area contributed by atoms with E-state index in [1.54, 1.807) is 0 Å². The maximum atomic E-state index is 12.2. The Bertz CT molecular complexity index is 646. The molecule has 0 saturated heterocycles. The molecule has 0 bridgehead atoms. The molecule has 206 valence electrons. The minimum atomic E-state index is -4.67. The summed E-state index contributed by atoms with van der Waals surface area (Å²) in [6, 6.07) is -1.51. The predicted molar refractivity (Wildman–Crippen MR) is 130 cm³/mol. The molecular formula is C23H44NO10P. The van der Waals surface area contributed by atoms with Gasteiger partial charge in [-0.25, -0.2) is 4.57 Å². The lowest BCUT2D eigenvalue weighted by Crippen LogP contribution is -2.34. The number of carbonyl (C=O) groups excluding carboxylic acids is 2. The summed E-state index contributed by atoms with van der Waals surface area (Å²) in [5.41, 5.74) is 5.24. The molecule has 0 spiro atoms. The second-order valence-corrected chi connectivity index (χ2v) is 9.94. The van der Waals surface area contributed by atoms with Gasteiger partial charge in [-0.1, -0.05) is 71.6 Å².